The second-order valence-corrected chi connectivity index (χ2v) is 7.08. The molecule has 0 radical (unpaired) electrons. The molecule has 2 heterocycles. The van der Waals surface area contributed by atoms with Crippen molar-refractivity contribution in [3.05, 3.63) is 41.7 Å². The number of aliphatic hydroxyl groups excluding tert-OH is 1. The number of ether oxygens (including phenoxy) is 2. The van der Waals surface area contributed by atoms with E-state index in [-0.39, 0.29) is 5.97 Å². The zero-order valence-corrected chi connectivity index (χ0v) is 16.8. The van der Waals surface area contributed by atoms with Gasteiger partial charge in [0.05, 0.1) is 14.2 Å². The fraction of sp³-hybridized carbons (Fsp3) is 0.421. The number of benzene rings is 1. The van der Waals surface area contributed by atoms with Gasteiger partial charge in [-0.3, -0.25) is 4.57 Å². The maximum absolute atomic E-state index is 12.1. The SMILES string of the molecule is C=CCn1c(-c2ccc(OC)cc2)nn(C[NH+]2C[C@H](O)C[C@H]2C(=O)OC)c1=S. The third kappa shape index (κ3) is 4.01. The van der Waals surface area contributed by atoms with E-state index in [0.29, 0.717) is 36.8 Å². The number of hydrogen-bond acceptors (Lipinski definition) is 6. The summed E-state index contributed by atoms with van der Waals surface area (Å²) in [6, 6.07) is 7.14. The fourth-order valence-corrected chi connectivity index (χ4v) is 3.80. The van der Waals surface area contributed by atoms with E-state index in [2.05, 4.69) is 6.58 Å². The number of aliphatic hydroxyl groups is 1. The highest BCUT2D eigenvalue weighted by atomic mass is 32.1. The number of allylic oxidation sites excluding steroid dienone is 1. The van der Waals surface area contributed by atoms with Crippen LogP contribution in [0.25, 0.3) is 11.4 Å². The molecule has 1 saturated heterocycles. The molecule has 3 atom stereocenters. The van der Waals surface area contributed by atoms with Crippen LogP contribution >= 0.6 is 12.2 Å². The van der Waals surface area contributed by atoms with Crippen molar-refractivity contribution < 1.29 is 24.3 Å². The fourth-order valence-electron chi connectivity index (χ4n) is 3.53. The Bertz CT molecular complexity index is 906. The van der Waals surface area contributed by atoms with E-state index in [0.717, 1.165) is 16.2 Å². The second-order valence-electron chi connectivity index (χ2n) is 6.72. The number of methoxy groups -OCH3 is 2. The molecule has 0 saturated carbocycles. The molecule has 0 amide bonds. The van der Waals surface area contributed by atoms with Gasteiger partial charge in [0, 0.05) is 18.5 Å². The molecule has 0 spiro atoms. The van der Waals surface area contributed by atoms with Crippen molar-refractivity contribution in [1.29, 1.82) is 0 Å². The molecule has 8 nitrogen and oxygen atoms in total. The first-order valence-corrected chi connectivity index (χ1v) is 9.42. The molecule has 9 heteroatoms. The van der Waals surface area contributed by atoms with Gasteiger partial charge in [0.2, 0.25) is 4.77 Å². The number of hydrogen-bond donors (Lipinski definition) is 2. The average Bonchev–Trinajstić information content (AvgIpc) is 3.22. The highest BCUT2D eigenvalue weighted by Gasteiger charge is 2.41. The van der Waals surface area contributed by atoms with E-state index >= 15 is 0 Å². The molecule has 1 unspecified atom stereocenters. The Labute approximate surface area is 168 Å². The van der Waals surface area contributed by atoms with E-state index in [1.54, 1.807) is 17.9 Å². The van der Waals surface area contributed by atoms with Crippen LogP contribution in [0.1, 0.15) is 6.42 Å². The first kappa shape index (κ1) is 20.2. The van der Waals surface area contributed by atoms with Crippen molar-refractivity contribution in [2.45, 2.75) is 31.8 Å². The minimum absolute atomic E-state index is 0.334. The summed E-state index contributed by atoms with van der Waals surface area (Å²) in [5.41, 5.74) is 0.897. The van der Waals surface area contributed by atoms with E-state index in [4.69, 9.17) is 26.8 Å². The van der Waals surface area contributed by atoms with Crippen LogP contribution in [0, 0.1) is 4.77 Å². The number of nitrogens with one attached hydrogen (secondary N) is 1. The first-order chi connectivity index (χ1) is 13.5. The van der Waals surface area contributed by atoms with Gasteiger partial charge in [0.1, 0.15) is 18.4 Å². The molecule has 0 aliphatic carbocycles. The van der Waals surface area contributed by atoms with Crippen LogP contribution < -0.4 is 9.64 Å². The third-order valence-electron chi connectivity index (χ3n) is 4.92. The summed E-state index contributed by atoms with van der Waals surface area (Å²) in [6.07, 6.45) is 1.58. The minimum Gasteiger partial charge on any atom is -0.497 e. The van der Waals surface area contributed by atoms with Crippen molar-refractivity contribution in [1.82, 2.24) is 14.3 Å². The molecular formula is C19H25N4O4S+. The van der Waals surface area contributed by atoms with Crippen LogP contribution in [-0.2, 0) is 22.7 Å². The number of esters is 1. The van der Waals surface area contributed by atoms with Gasteiger partial charge in [0.15, 0.2) is 18.5 Å². The zero-order chi connectivity index (χ0) is 20.3. The third-order valence-corrected chi connectivity index (χ3v) is 5.35. The van der Waals surface area contributed by atoms with Gasteiger partial charge in [-0.05, 0) is 36.5 Å². The predicted molar refractivity (Wildman–Crippen MR) is 105 cm³/mol. The van der Waals surface area contributed by atoms with Crippen molar-refractivity contribution in [3.63, 3.8) is 0 Å². The van der Waals surface area contributed by atoms with Gasteiger partial charge >= 0.3 is 5.97 Å². The van der Waals surface area contributed by atoms with Crippen LogP contribution in [0.4, 0.5) is 0 Å². The Kier molecular flexibility index (Phi) is 6.28. The Hall–Kier alpha value is -2.49. The average molecular weight is 406 g/mol. The lowest BCUT2D eigenvalue weighted by Crippen LogP contribution is -3.14. The Balaban J connectivity index is 1.94. The lowest BCUT2D eigenvalue weighted by Gasteiger charge is -2.18. The molecule has 28 heavy (non-hydrogen) atoms. The summed E-state index contributed by atoms with van der Waals surface area (Å²) in [5.74, 6) is 1.13. The summed E-state index contributed by atoms with van der Waals surface area (Å²) in [4.78, 5) is 12.9. The Morgan fingerprint density at radius 2 is 2.14 bits per heavy atom. The summed E-state index contributed by atoms with van der Waals surface area (Å²) >= 11 is 5.62. The first-order valence-electron chi connectivity index (χ1n) is 9.02. The molecule has 1 aliphatic rings. The van der Waals surface area contributed by atoms with Crippen LogP contribution in [0.5, 0.6) is 5.75 Å². The monoisotopic (exact) mass is 405 g/mol. The Morgan fingerprint density at radius 1 is 1.43 bits per heavy atom. The quantitative estimate of drug-likeness (QED) is 0.395. The van der Waals surface area contributed by atoms with E-state index < -0.39 is 12.1 Å². The van der Waals surface area contributed by atoms with Gasteiger partial charge in [-0.2, -0.15) is 4.68 Å². The van der Waals surface area contributed by atoms with Crippen molar-refractivity contribution >= 4 is 18.2 Å². The Morgan fingerprint density at radius 3 is 2.75 bits per heavy atom. The number of carbonyl (C=O) groups is 1. The maximum Gasteiger partial charge on any atom is 0.364 e. The highest BCUT2D eigenvalue weighted by molar-refractivity contribution is 7.71. The summed E-state index contributed by atoms with van der Waals surface area (Å²) < 4.78 is 14.2. The van der Waals surface area contributed by atoms with Crippen LogP contribution in [-0.4, -0.2) is 58.3 Å². The van der Waals surface area contributed by atoms with Crippen LogP contribution in [0.3, 0.4) is 0 Å². The molecule has 1 aromatic carbocycles. The molecule has 2 aromatic rings. The van der Waals surface area contributed by atoms with Crippen LogP contribution in [0.2, 0.25) is 0 Å². The number of quaternary nitrogens is 1. The number of likely N-dealkylation sites (tertiary alicyclic amines) is 1. The molecule has 1 aliphatic heterocycles. The van der Waals surface area contributed by atoms with E-state index in [9.17, 15) is 9.90 Å². The normalized spacial score (nSPS) is 21.5. The lowest BCUT2D eigenvalue weighted by atomic mass is 10.2. The van der Waals surface area contributed by atoms with Crippen molar-refractivity contribution in [3.8, 4) is 17.1 Å². The number of aromatic nitrogens is 3. The summed E-state index contributed by atoms with van der Waals surface area (Å²) in [5, 5.41) is 14.7. The molecule has 1 fully saturated rings. The van der Waals surface area contributed by atoms with E-state index in [1.165, 1.54) is 7.11 Å². The smallest absolute Gasteiger partial charge is 0.364 e. The highest BCUT2D eigenvalue weighted by Crippen LogP contribution is 2.21. The van der Waals surface area contributed by atoms with Crippen LogP contribution in [0.15, 0.2) is 36.9 Å². The predicted octanol–water partition coefficient (Wildman–Crippen LogP) is 0.424. The van der Waals surface area contributed by atoms with Gasteiger partial charge in [-0.25, -0.2) is 4.79 Å². The number of nitrogens with zero attached hydrogens (tertiary/aromatic N) is 3. The van der Waals surface area contributed by atoms with Gasteiger partial charge in [0.25, 0.3) is 0 Å². The van der Waals surface area contributed by atoms with Crippen molar-refractivity contribution in [2.24, 2.45) is 0 Å². The summed E-state index contributed by atoms with van der Waals surface area (Å²) in [6.45, 7) is 5.12. The largest absolute Gasteiger partial charge is 0.497 e. The second kappa shape index (κ2) is 8.68. The van der Waals surface area contributed by atoms with Crippen molar-refractivity contribution in [2.75, 3.05) is 20.8 Å². The van der Waals surface area contributed by atoms with Gasteiger partial charge < -0.3 is 19.5 Å². The maximum atomic E-state index is 12.1. The summed E-state index contributed by atoms with van der Waals surface area (Å²) in [7, 11) is 2.98. The number of rotatable bonds is 7. The molecule has 2 N–H and O–H groups in total. The number of carbonyl (C=O) groups excluding carboxylic acids is 1. The van der Waals surface area contributed by atoms with E-state index in [1.807, 2.05) is 28.8 Å². The molecule has 150 valence electrons. The minimum atomic E-state index is -0.551. The van der Waals surface area contributed by atoms with Gasteiger partial charge in [-0.1, -0.05) is 6.08 Å². The molecule has 1 aromatic heterocycles. The molecule has 3 rings (SSSR count). The zero-order valence-electron chi connectivity index (χ0n) is 16.0. The lowest BCUT2D eigenvalue weighted by molar-refractivity contribution is -0.928. The molecule has 0 bridgehead atoms. The topological polar surface area (TPSA) is 83.0 Å². The van der Waals surface area contributed by atoms with Gasteiger partial charge in [-0.15, -0.1) is 11.7 Å². The molecular weight excluding hydrogens is 380 g/mol. The standard InChI is InChI=1S/C19H24N4O4S/c1-4-9-22-17(13-5-7-15(26-2)8-6-13)20-23(19(22)28)12-21-11-14(24)10-16(21)18(25)27-3/h4-8,14,16,24H,1,9-12H2,2-3H3/p+1/t14-,16+/m1/s1.